The molecule has 2 rings (SSSR count). The van der Waals surface area contributed by atoms with Crippen LogP contribution < -0.4 is 5.73 Å². The number of nitrogens with zero attached hydrogens (tertiary/aromatic N) is 1. The van der Waals surface area contributed by atoms with Gasteiger partial charge in [-0.3, -0.25) is 4.90 Å². The molecule has 1 aromatic rings. The fourth-order valence-electron chi connectivity index (χ4n) is 2.10. The molecule has 2 N–H and O–H groups in total. The summed E-state index contributed by atoms with van der Waals surface area (Å²) in [6.07, 6.45) is 4.09. The molecule has 2 atom stereocenters. The Morgan fingerprint density at radius 1 is 1.64 bits per heavy atom. The van der Waals surface area contributed by atoms with Crippen LogP contribution in [-0.2, 0) is 0 Å². The molecule has 3 heteroatoms. The molecule has 2 heterocycles. The van der Waals surface area contributed by atoms with Crippen LogP contribution in [0.5, 0.6) is 0 Å². The molecular formula is C11H18N2O. The maximum atomic E-state index is 5.94. The van der Waals surface area contributed by atoms with Crippen molar-refractivity contribution >= 4 is 0 Å². The third-order valence-electron chi connectivity index (χ3n) is 2.99. The van der Waals surface area contributed by atoms with Gasteiger partial charge in [-0.2, -0.15) is 0 Å². The lowest BCUT2D eigenvalue weighted by Gasteiger charge is -2.34. The van der Waals surface area contributed by atoms with Crippen LogP contribution >= 0.6 is 0 Å². The fraction of sp³-hybridized carbons (Fsp3) is 0.636. The molecule has 1 aromatic heterocycles. The number of nitrogens with two attached hydrogens (primary N) is 1. The number of hydrogen-bond donors (Lipinski definition) is 1. The van der Waals surface area contributed by atoms with Crippen molar-refractivity contribution in [3.8, 4) is 0 Å². The van der Waals surface area contributed by atoms with Crippen molar-refractivity contribution in [2.45, 2.75) is 31.8 Å². The molecule has 1 aliphatic heterocycles. The molecule has 14 heavy (non-hydrogen) atoms. The van der Waals surface area contributed by atoms with Crippen molar-refractivity contribution in [1.29, 1.82) is 0 Å². The summed E-state index contributed by atoms with van der Waals surface area (Å²) in [6.45, 7) is 4.30. The molecule has 0 unspecified atom stereocenters. The number of likely N-dealkylation sites (tertiary alicyclic amines) is 1. The van der Waals surface area contributed by atoms with Crippen molar-refractivity contribution in [3.05, 3.63) is 24.2 Å². The Labute approximate surface area is 84.9 Å². The normalized spacial score (nSPS) is 26.3. The van der Waals surface area contributed by atoms with Gasteiger partial charge in [-0.15, -0.1) is 0 Å². The highest BCUT2D eigenvalue weighted by Gasteiger charge is 2.23. The minimum Gasteiger partial charge on any atom is -0.468 e. The van der Waals surface area contributed by atoms with Gasteiger partial charge in [0, 0.05) is 12.6 Å². The van der Waals surface area contributed by atoms with E-state index in [1.807, 2.05) is 12.1 Å². The van der Waals surface area contributed by atoms with E-state index >= 15 is 0 Å². The van der Waals surface area contributed by atoms with Crippen molar-refractivity contribution in [1.82, 2.24) is 4.90 Å². The monoisotopic (exact) mass is 194 g/mol. The van der Waals surface area contributed by atoms with Gasteiger partial charge in [-0.1, -0.05) is 0 Å². The van der Waals surface area contributed by atoms with Crippen LogP contribution in [-0.4, -0.2) is 24.0 Å². The lowest BCUT2D eigenvalue weighted by atomic mass is 10.0. The third-order valence-corrected chi connectivity index (χ3v) is 2.99. The second kappa shape index (κ2) is 4.15. The molecular weight excluding hydrogens is 176 g/mol. The summed E-state index contributed by atoms with van der Waals surface area (Å²) < 4.78 is 5.40. The number of hydrogen-bond acceptors (Lipinski definition) is 3. The molecule has 0 aliphatic carbocycles. The van der Waals surface area contributed by atoms with Crippen molar-refractivity contribution in [2.24, 2.45) is 5.73 Å². The Morgan fingerprint density at radius 3 is 3.14 bits per heavy atom. The number of rotatable bonds is 2. The lowest BCUT2D eigenvalue weighted by Crippen LogP contribution is -2.43. The summed E-state index contributed by atoms with van der Waals surface area (Å²) in [7, 11) is 0. The molecule has 0 saturated carbocycles. The predicted octanol–water partition coefficient (Wildman–Crippen LogP) is 1.76. The van der Waals surface area contributed by atoms with Crippen molar-refractivity contribution in [3.63, 3.8) is 0 Å². The Hall–Kier alpha value is -0.800. The first-order valence-electron chi connectivity index (χ1n) is 5.30. The first-order valence-corrected chi connectivity index (χ1v) is 5.30. The van der Waals surface area contributed by atoms with Crippen LogP contribution in [0.1, 0.15) is 31.6 Å². The highest BCUT2D eigenvalue weighted by molar-refractivity contribution is 5.04. The molecule has 78 valence electrons. The van der Waals surface area contributed by atoms with Crippen LogP contribution in [0.25, 0.3) is 0 Å². The van der Waals surface area contributed by atoms with Gasteiger partial charge in [0.05, 0.1) is 12.3 Å². The van der Waals surface area contributed by atoms with Crippen LogP contribution in [0, 0.1) is 0 Å². The van der Waals surface area contributed by atoms with Gasteiger partial charge in [0.25, 0.3) is 0 Å². The number of furan rings is 1. The molecule has 0 bridgehead atoms. The van der Waals surface area contributed by atoms with Crippen LogP contribution in [0.2, 0.25) is 0 Å². The maximum Gasteiger partial charge on any atom is 0.120 e. The van der Waals surface area contributed by atoms with E-state index in [4.69, 9.17) is 10.2 Å². The highest BCUT2D eigenvalue weighted by atomic mass is 16.3. The predicted molar refractivity (Wildman–Crippen MR) is 55.9 cm³/mol. The minimum absolute atomic E-state index is 0.334. The van der Waals surface area contributed by atoms with Gasteiger partial charge < -0.3 is 10.2 Å². The average molecular weight is 194 g/mol. The first kappa shape index (κ1) is 9.74. The highest BCUT2D eigenvalue weighted by Crippen LogP contribution is 2.23. The van der Waals surface area contributed by atoms with E-state index in [1.165, 1.54) is 6.42 Å². The van der Waals surface area contributed by atoms with Crippen LogP contribution in [0.15, 0.2) is 22.8 Å². The third kappa shape index (κ3) is 1.99. The number of piperidine rings is 1. The van der Waals surface area contributed by atoms with Gasteiger partial charge in [0.1, 0.15) is 5.76 Å². The SMILES string of the molecule is C[C@H](c1ccco1)N1CCC[C@@H](N)C1. The van der Waals surface area contributed by atoms with Crippen LogP contribution in [0.4, 0.5) is 0 Å². The molecule has 1 aliphatic rings. The molecule has 3 nitrogen and oxygen atoms in total. The molecule has 1 fully saturated rings. The molecule has 1 saturated heterocycles. The van der Waals surface area contributed by atoms with Gasteiger partial charge >= 0.3 is 0 Å². The van der Waals surface area contributed by atoms with Crippen LogP contribution in [0.3, 0.4) is 0 Å². The summed E-state index contributed by atoms with van der Waals surface area (Å²) in [4.78, 5) is 2.40. The molecule has 0 spiro atoms. The second-order valence-electron chi connectivity index (χ2n) is 4.09. The zero-order valence-electron chi connectivity index (χ0n) is 8.65. The van der Waals surface area contributed by atoms with E-state index in [0.29, 0.717) is 12.1 Å². The zero-order chi connectivity index (χ0) is 9.97. The van der Waals surface area contributed by atoms with Gasteiger partial charge in [0.2, 0.25) is 0 Å². The Kier molecular flexibility index (Phi) is 2.89. The Morgan fingerprint density at radius 2 is 2.50 bits per heavy atom. The molecule has 0 radical (unpaired) electrons. The topological polar surface area (TPSA) is 42.4 Å². The Bertz CT molecular complexity index is 271. The summed E-state index contributed by atoms with van der Waals surface area (Å²) in [5, 5.41) is 0. The summed E-state index contributed by atoms with van der Waals surface area (Å²) >= 11 is 0. The smallest absolute Gasteiger partial charge is 0.120 e. The summed E-state index contributed by atoms with van der Waals surface area (Å²) in [5.74, 6) is 1.04. The van der Waals surface area contributed by atoms with Gasteiger partial charge in [-0.25, -0.2) is 0 Å². The van der Waals surface area contributed by atoms with E-state index in [0.717, 1.165) is 25.3 Å². The van der Waals surface area contributed by atoms with Crippen molar-refractivity contribution < 1.29 is 4.42 Å². The molecule has 0 aromatic carbocycles. The standard InChI is InChI=1S/C11H18N2O/c1-9(11-5-3-7-14-11)13-6-2-4-10(12)8-13/h3,5,7,9-10H,2,4,6,8,12H2,1H3/t9-,10-/m1/s1. The fourth-order valence-corrected chi connectivity index (χ4v) is 2.10. The minimum atomic E-state index is 0.334. The maximum absolute atomic E-state index is 5.94. The van der Waals surface area contributed by atoms with Gasteiger partial charge in [-0.05, 0) is 38.4 Å². The van der Waals surface area contributed by atoms with Crippen molar-refractivity contribution in [2.75, 3.05) is 13.1 Å². The zero-order valence-corrected chi connectivity index (χ0v) is 8.65. The largest absolute Gasteiger partial charge is 0.468 e. The van der Waals surface area contributed by atoms with E-state index in [2.05, 4.69) is 11.8 Å². The van der Waals surface area contributed by atoms with E-state index in [1.54, 1.807) is 6.26 Å². The lowest BCUT2D eigenvalue weighted by molar-refractivity contribution is 0.144. The summed E-state index contributed by atoms with van der Waals surface area (Å²) in [5.41, 5.74) is 5.94. The Balaban J connectivity index is 2.00. The van der Waals surface area contributed by atoms with E-state index < -0.39 is 0 Å². The summed E-state index contributed by atoms with van der Waals surface area (Å²) in [6, 6.07) is 4.66. The van der Waals surface area contributed by atoms with E-state index in [9.17, 15) is 0 Å². The quantitative estimate of drug-likeness (QED) is 0.780. The second-order valence-corrected chi connectivity index (χ2v) is 4.09. The first-order chi connectivity index (χ1) is 6.77. The van der Waals surface area contributed by atoms with E-state index in [-0.39, 0.29) is 0 Å². The molecule has 0 amide bonds. The van der Waals surface area contributed by atoms with Gasteiger partial charge in [0.15, 0.2) is 0 Å². The average Bonchev–Trinajstić information content (AvgIpc) is 2.69.